The molecule has 6 heteroatoms. The van der Waals surface area contributed by atoms with Crippen molar-refractivity contribution in [2.45, 2.75) is 32.2 Å². The summed E-state index contributed by atoms with van der Waals surface area (Å²) in [6.45, 7) is 1.72. The number of nitriles is 1. The number of rotatable bonds is 6. The number of aromatic nitrogens is 1. The van der Waals surface area contributed by atoms with E-state index in [1.807, 2.05) is 30.3 Å². The van der Waals surface area contributed by atoms with Gasteiger partial charge in [-0.05, 0) is 31.9 Å². The molecule has 1 aromatic heterocycles. The predicted octanol–water partition coefficient (Wildman–Crippen LogP) is 2.18. The number of ketones is 1. The molecule has 3 rings (SSSR count). The van der Waals surface area contributed by atoms with E-state index in [2.05, 4.69) is 10.3 Å². The zero-order valence-electron chi connectivity index (χ0n) is 13.3. The van der Waals surface area contributed by atoms with Crippen molar-refractivity contribution in [1.29, 1.82) is 5.26 Å². The van der Waals surface area contributed by atoms with Gasteiger partial charge in [0, 0.05) is 11.6 Å². The molecule has 1 saturated carbocycles. The summed E-state index contributed by atoms with van der Waals surface area (Å²) in [4.78, 5) is 28.6. The normalized spacial score (nSPS) is 14.7. The summed E-state index contributed by atoms with van der Waals surface area (Å²) < 4.78 is 5.60. The fraction of sp³-hybridized carbons (Fsp3) is 0.333. The van der Waals surface area contributed by atoms with Crippen LogP contribution in [0.15, 0.2) is 34.7 Å². The number of hydrogen-bond donors (Lipinski definition) is 1. The fourth-order valence-electron chi connectivity index (χ4n) is 2.35. The van der Waals surface area contributed by atoms with Crippen LogP contribution in [0, 0.1) is 24.2 Å². The lowest BCUT2D eigenvalue weighted by molar-refractivity contribution is -0.131. The molecule has 2 aromatic rings. The molecule has 0 aliphatic heterocycles. The second kappa shape index (κ2) is 6.67. The number of aryl methyl sites for hydroxylation is 1. The highest BCUT2D eigenvalue weighted by Crippen LogP contribution is 2.23. The third-order valence-corrected chi connectivity index (χ3v) is 3.89. The first-order chi connectivity index (χ1) is 11.6. The molecular formula is C18H17N3O3. The van der Waals surface area contributed by atoms with Crippen LogP contribution >= 0.6 is 0 Å². The Morgan fingerprint density at radius 3 is 2.71 bits per heavy atom. The predicted molar refractivity (Wildman–Crippen MR) is 85.7 cm³/mol. The lowest BCUT2D eigenvalue weighted by Crippen LogP contribution is -2.36. The Labute approximate surface area is 139 Å². The smallest absolute Gasteiger partial charge is 0.245 e. The maximum absolute atomic E-state index is 12.3. The number of carbonyl (C=O) groups is 2. The van der Waals surface area contributed by atoms with Crippen molar-refractivity contribution >= 4 is 11.7 Å². The summed E-state index contributed by atoms with van der Waals surface area (Å²) >= 11 is 0. The maximum atomic E-state index is 12.3. The molecule has 0 bridgehead atoms. The molecule has 1 aromatic carbocycles. The number of carbonyl (C=O) groups excluding carboxylic acids is 2. The van der Waals surface area contributed by atoms with E-state index >= 15 is 0 Å². The number of nitrogens with zero attached hydrogens (tertiary/aromatic N) is 2. The minimum absolute atomic E-state index is 0.0987. The molecule has 1 aliphatic carbocycles. The van der Waals surface area contributed by atoms with Crippen molar-refractivity contribution in [3.63, 3.8) is 0 Å². The molecule has 24 heavy (non-hydrogen) atoms. The second-order valence-corrected chi connectivity index (χ2v) is 5.88. The van der Waals surface area contributed by atoms with E-state index < -0.39 is 17.6 Å². The Kier molecular flexibility index (Phi) is 4.43. The van der Waals surface area contributed by atoms with Gasteiger partial charge in [0.25, 0.3) is 0 Å². The zero-order chi connectivity index (χ0) is 17.1. The third-order valence-electron chi connectivity index (χ3n) is 3.89. The molecule has 122 valence electrons. The van der Waals surface area contributed by atoms with Gasteiger partial charge in [0.1, 0.15) is 5.76 Å². The van der Waals surface area contributed by atoms with E-state index in [4.69, 9.17) is 9.68 Å². The van der Waals surface area contributed by atoms with Crippen LogP contribution in [0.1, 0.15) is 24.3 Å². The van der Waals surface area contributed by atoms with Gasteiger partial charge in [0.15, 0.2) is 11.7 Å². The first-order valence-electron chi connectivity index (χ1n) is 7.83. The van der Waals surface area contributed by atoms with Gasteiger partial charge in [-0.2, -0.15) is 5.26 Å². The van der Waals surface area contributed by atoms with Crippen molar-refractivity contribution in [1.82, 2.24) is 10.3 Å². The van der Waals surface area contributed by atoms with E-state index in [1.54, 1.807) is 13.0 Å². The fourth-order valence-corrected chi connectivity index (χ4v) is 2.35. The van der Waals surface area contributed by atoms with Crippen LogP contribution in [-0.4, -0.2) is 22.7 Å². The summed E-state index contributed by atoms with van der Waals surface area (Å²) in [7, 11) is 0. The monoisotopic (exact) mass is 323 g/mol. The largest absolute Gasteiger partial charge is 0.441 e. The molecule has 1 N–H and O–H groups in total. The molecule has 1 fully saturated rings. The molecule has 0 saturated heterocycles. The number of benzene rings is 1. The van der Waals surface area contributed by atoms with Gasteiger partial charge in [-0.3, -0.25) is 9.59 Å². The number of Topliss-reactive ketones (excluding diaryl/α,β-unsaturated/α-hetero) is 1. The summed E-state index contributed by atoms with van der Waals surface area (Å²) in [5.74, 6) is -1.35. The van der Waals surface area contributed by atoms with Crippen molar-refractivity contribution in [3.05, 3.63) is 41.8 Å². The molecule has 1 amide bonds. The molecule has 0 unspecified atom stereocenters. The molecule has 0 spiro atoms. The molecular weight excluding hydrogens is 306 g/mol. The highest BCUT2D eigenvalue weighted by Gasteiger charge is 2.32. The van der Waals surface area contributed by atoms with Crippen LogP contribution in [0.3, 0.4) is 0 Å². The first kappa shape index (κ1) is 15.9. The van der Waals surface area contributed by atoms with Gasteiger partial charge < -0.3 is 9.73 Å². The van der Waals surface area contributed by atoms with Crippen LogP contribution in [-0.2, 0) is 16.0 Å². The minimum Gasteiger partial charge on any atom is -0.441 e. The Balaban J connectivity index is 1.73. The van der Waals surface area contributed by atoms with Gasteiger partial charge in [0.2, 0.25) is 11.8 Å². The summed E-state index contributed by atoms with van der Waals surface area (Å²) in [6, 6.07) is 11.2. The summed E-state index contributed by atoms with van der Waals surface area (Å²) in [5, 5.41) is 11.8. The highest BCUT2D eigenvalue weighted by molar-refractivity contribution is 6.04. The van der Waals surface area contributed by atoms with Crippen molar-refractivity contribution < 1.29 is 14.0 Å². The summed E-state index contributed by atoms with van der Waals surface area (Å²) in [5.41, 5.74) is 1.26. The number of oxazole rings is 1. The van der Waals surface area contributed by atoms with Crippen LogP contribution < -0.4 is 5.32 Å². The Bertz CT molecular complexity index is 801. The van der Waals surface area contributed by atoms with Gasteiger partial charge in [0.05, 0.1) is 18.2 Å². The Morgan fingerprint density at radius 1 is 1.38 bits per heavy atom. The van der Waals surface area contributed by atoms with Crippen LogP contribution in [0.25, 0.3) is 11.5 Å². The lowest BCUT2D eigenvalue weighted by atomic mass is 10.0. The third kappa shape index (κ3) is 3.51. The van der Waals surface area contributed by atoms with Crippen molar-refractivity contribution in [2.75, 3.05) is 0 Å². The number of amides is 1. The minimum atomic E-state index is -1.30. The SMILES string of the molecule is Cc1oc(-c2ccccc2)nc1CC(=O)[C@H](C#N)C(=O)NC1CC1. The number of nitrogens with one attached hydrogen (secondary N) is 1. The van der Waals surface area contributed by atoms with E-state index in [-0.39, 0.29) is 12.5 Å². The van der Waals surface area contributed by atoms with E-state index in [9.17, 15) is 9.59 Å². The standard InChI is InChI=1S/C18H17N3O3/c1-11-15(21-18(24-11)12-5-3-2-4-6-12)9-16(22)14(10-19)17(23)20-13-7-8-13/h2-6,13-14H,7-9H2,1H3,(H,20,23)/t14-/m0/s1. The molecule has 6 nitrogen and oxygen atoms in total. The van der Waals surface area contributed by atoms with Crippen molar-refractivity contribution in [3.8, 4) is 17.5 Å². The van der Waals surface area contributed by atoms with Gasteiger partial charge in [-0.25, -0.2) is 4.98 Å². The average Bonchev–Trinajstić information content (AvgIpc) is 3.31. The van der Waals surface area contributed by atoms with Crippen LogP contribution in [0.4, 0.5) is 0 Å². The molecule has 1 aliphatic rings. The van der Waals surface area contributed by atoms with E-state index in [0.717, 1.165) is 18.4 Å². The molecule has 1 heterocycles. The highest BCUT2D eigenvalue weighted by atomic mass is 16.4. The Morgan fingerprint density at radius 2 is 2.08 bits per heavy atom. The average molecular weight is 323 g/mol. The van der Waals surface area contributed by atoms with E-state index in [0.29, 0.717) is 17.3 Å². The Hall–Kier alpha value is -2.94. The molecule has 1 atom stereocenters. The van der Waals surface area contributed by atoms with Crippen molar-refractivity contribution in [2.24, 2.45) is 5.92 Å². The first-order valence-corrected chi connectivity index (χ1v) is 7.83. The maximum Gasteiger partial charge on any atom is 0.245 e. The van der Waals surface area contributed by atoms with E-state index in [1.165, 1.54) is 0 Å². The van der Waals surface area contributed by atoms with Gasteiger partial charge in [-0.15, -0.1) is 0 Å². The van der Waals surface area contributed by atoms with Crippen LogP contribution in [0.2, 0.25) is 0 Å². The number of hydrogen-bond acceptors (Lipinski definition) is 5. The second-order valence-electron chi connectivity index (χ2n) is 5.88. The topological polar surface area (TPSA) is 96.0 Å². The quantitative estimate of drug-likeness (QED) is 0.822. The van der Waals surface area contributed by atoms with Crippen LogP contribution in [0.5, 0.6) is 0 Å². The lowest BCUT2D eigenvalue weighted by Gasteiger charge is -2.07. The van der Waals surface area contributed by atoms with Gasteiger partial charge in [-0.1, -0.05) is 18.2 Å². The summed E-state index contributed by atoms with van der Waals surface area (Å²) in [6.07, 6.45) is 1.71. The van der Waals surface area contributed by atoms with Gasteiger partial charge >= 0.3 is 0 Å². The molecule has 0 radical (unpaired) electrons. The zero-order valence-corrected chi connectivity index (χ0v) is 13.3.